The van der Waals surface area contributed by atoms with Crippen LogP contribution in [-0.4, -0.2) is 24.9 Å². The van der Waals surface area contributed by atoms with Crippen molar-refractivity contribution in [3.8, 4) is 0 Å². The molecule has 2 amide bonds. The molecule has 0 saturated carbocycles. The van der Waals surface area contributed by atoms with Crippen LogP contribution in [0.2, 0.25) is 0 Å². The molecule has 0 saturated heterocycles. The summed E-state index contributed by atoms with van der Waals surface area (Å²) in [6, 6.07) is 21.3. The molecule has 0 bridgehead atoms. The number of rotatable bonds is 7. The second kappa shape index (κ2) is 9.56. The van der Waals surface area contributed by atoms with Crippen molar-refractivity contribution in [2.75, 3.05) is 28.2 Å². The minimum atomic E-state index is -0.352. The molecule has 34 heavy (non-hydrogen) atoms. The van der Waals surface area contributed by atoms with Gasteiger partial charge in [0, 0.05) is 24.5 Å². The normalized spacial score (nSPS) is 13.6. The summed E-state index contributed by atoms with van der Waals surface area (Å²) in [5.74, 6) is -0.672. The molecule has 5 heteroatoms. The van der Waals surface area contributed by atoms with E-state index in [-0.39, 0.29) is 11.8 Å². The molecule has 1 aliphatic heterocycles. The molecule has 3 aromatic rings. The smallest absolute Gasteiger partial charge is 0.282 e. The fraction of sp³-hybridized carbons (Fsp3) is 0.241. The van der Waals surface area contributed by atoms with Crippen LogP contribution >= 0.6 is 0 Å². The third kappa shape index (κ3) is 4.34. The van der Waals surface area contributed by atoms with E-state index in [0.29, 0.717) is 17.0 Å². The quantitative estimate of drug-likeness (QED) is 0.456. The summed E-state index contributed by atoms with van der Waals surface area (Å²) in [5, 5.41) is 3.27. The van der Waals surface area contributed by atoms with Crippen LogP contribution in [0.4, 0.5) is 17.1 Å². The highest BCUT2D eigenvalue weighted by atomic mass is 16.2. The van der Waals surface area contributed by atoms with Crippen molar-refractivity contribution < 1.29 is 9.59 Å². The first kappa shape index (κ1) is 23.3. The Bertz CT molecular complexity index is 1250. The SMILES string of the molecule is CCN(CC)c1ccc(NC2=C(c3ccc(C)c(C)c3)C(=O)N(c3ccc(C)cc3)C2=O)cc1. The van der Waals surface area contributed by atoms with Crippen LogP contribution in [0.25, 0.3) is 5.57 Å². The van der Waals surface area contributed by atoms with E-state index in [1.54, 1.807) is 0 Å². The summed E-state index contributed by atoms with van der Waals surface area (Å²) in [4.78, 5) is 30.7. The zero-order chi connectivity index (χ0) is 24.4. The number of carbonyl (C=O) groups is 2. The molecule has 174 valence electrons. The Kier molecular flexibility index (Phi) is 6.55. The maximum absolute atomic E-state index is 13.6. The maximum atomic E-state index is 13.6. The van der Waals surface area contributed by atoms with Gasteiger partial charge in [-0.05, 0) is 87.7 Å². The Labute approximate surface area is 201 Å². The molecule has 1 N–H and O–H groups in total. The topological polar surface area (TPSA) is 52.7 Å². The lowest BCUT2D eigenvalue weighted by Crippen LogP contribution is -2.32. The predicted octanol–water partition coefficient (Wildman–Crippen LogP) is 5.85. The molecular weight excluding hydrogens is 422 g/mol. The van der Waals surface area contributed by atoms with E-state index >= 15 is 0 Å². The van der Waals surface area contributed by atoms with Crippen molar-refractivity contribution in [2.45, 2.75) is 34.6 Å². The van der Waals surface area contributed by atoms with E-state index in [1.807, 2.05) is 87.5 Å². The molecule has 1 aliphatic rings. The molecule has 0 aromatic heterocycles. The van der Waals surface area contributed by atoms with Crippen LogP contribution in [0.1, 0.15) is 36.1 Å². The first-order chi connectivity index (χ1) is 16.3. The summed E-state index contributed by atoms with van der Waals surface area (Å²) in [6.45, 7) is 12.1. The number of benzene rings is 3. The van der Waals surface area contributed by atoms with Crippen LogP contribution in [0, 0.1) is 20.8 Å². The zero-order valence-electron chi connectivity index (χ0n) is 20.5. The fourth-order valence-corrected chi connectivity index (χ4v) is 4.23. The van der Waals surface area contributed by atoms with Crippen LogP contribution in [0.15, 0.2) is 72.4 Å². The fourth-order valence-electron chi connectivity index (χ4n) is 4.23. The third-order valence-corrected chi connectivity index (χ3v) is 6.44. The Morgan fingerprint density at radius 2 is 1.41 bits per heavy atom. The molecule has 0 aliphatic carbocycles. The van der Waals surface area contributed by atoms with E-state index < -0.39 is 0 Å². The van der Waals surface area contributed by atoms with Crippen LogP contribution in [0.5, 0.6) is 0 Å². The number of aryl methyl sites for hydroxylation is 3. The summed E-state index contributed by atoms with van der Waals surface area (Å²) in [5.41, 5.74) is 7.14. The predicted molar refractivity (Wildman–Crippen MR) is 140 cm³/mol. The van der Waals surface area contributed by atoms with Gasteiger partial charge < -0.3 is 10.2 Å². The minimum Gasteiger partial charge on any atom is -0.372 e. The highest BCUT2D eigenvalue weighted by Crippen LogP contribution is 2.34. The van der Waals surface area contributed by atoms with Crippen molar-refractivity contribution in [2.24, 2.45) is 0 Å². The van der Waals surface area contributed by atoms with Gasteiger partial charge in [-0.25, -0.2) is 4.90 Å². The number of nitrogens with zero attached hydrogens (tertiary/aromatic N) is 2. The molecule has 3 aromatic carbocycles. The van der Waals surface area contributed by atoms with Gasteiger partial charge >= 0.3 is 0 Å². The largest absolute Gasteiger partial charge is 0.372 e. The highest BCUT2D eigenvalue weighted by molar-refractivity contribution is 6.46. The first-order valence-electron chi connectivity index (χ1n) is 11.7. The Hall–Kier alpha value is -3.86. The molecule has 0 unspecified atom stereocenters. The molecule has 0 radical (unpaired) electrons. The molecule has 4 rings (SSSR count). The number of amides is 2. The van der Waals surface area contributed by atoms with E-state index in [1.165, 1.54) is 4.90 Å². The molecule has 0 atom stereocenters. The van der Waals surface area contributed by atoms with Gasteiger partial charge in [0.2, 0.25) is 0 Å². The van der Waals surface area contributed by atoms with Gasteiger partial charge in [-0.15, -0.1) is 0 Å². The summed E-state index contributed by atoms with van der Waals surface area (Å²) in [6.07, 6.45) is 0. The van der Waals surface area contributed by atoms with E-state index in [4.69, 9.17) is 0 Å². The monoisotopic (exact) mass is 453 g/mol. The van der Waals surface area contributed by atoms with Gasteiger partial charge in [0.05, 0.1) is 11.3 Å². The van der Waals surface area contributed by atoms with Gasteiger partial charge in [0.1, 0.15) is 5.70 Å². The van der Waals surface area contributed by atoms with E-state index in [0.717, 1.165) is 46.7 Å². The average Bonchev–Trinajstić information content (AvgIpc) is 3.07. The Morgan fingerprint density at radius 3 is 2.00 bits per heavy atom. The molecule has 0 spiro atoms. The second-order valence-electron chi connectivity index (χ2n) is 8.67. The van der Waals surface area contributed by atoms with E-state index in [2.05, 4.69) is 24.1 Å². The van der Waals surface area contributed by atoms with E-state index in [9.17, 15) is 9.59 Å². The number of hydrogen-bond donors (Lipinski definition) is 1. The number of hydrogen-bond acceptors (Lipinski definition) is 4. The van der Waals surface area contributed by atoms with Gasteiger partial charge in [-0.1, -0.05) is 35.9 Å². The van der Waals surface area contributed by atoms with Gasteiger partial charge in [0.15, 0.2) is 0 Å². The van der Waals surface area contributed by atoms with Crippen molar-refractivity contribution >= 4 is 34.4 Å². The number of nitrogens with one attached hydrogen (secondary N) is 1. The number of imide groups is 1. The van der Waals surface area contributed by atoms with Crippen LogP contribution in [-0.2, 0) is 9.59 Å². The third-order valence-electron chi connectivity index (χ3n) is 6.44. The maximum Gasteiger partial charge on any atom is 0.282 e. The number of carbonyl (C=O) groups excluding carboxylic acids is 2. The van der Waals surface area contributed by atoms with Gasteiger partial charge in [-0.2, -0.15) is 0 Å². The molecular formula is C29H31N3O2. The number of anilines is 3. The highest BCUT2D eigenvalue weighted by Gasteiger charge is 2.40. The van der Waals surface area contributed by atoms with Crippen LogP contribution < -0.4 is 15.1 Å². The first-order valence-corrected chi connectivity index (χ1v) is 11.7. The lowest BCUT2D eigenvalue weighted by molar-refractivity contribution is -0.120. The lowest BCUT2D eigenvalue weighted by atomic mass is 9.99. The summed E-state index contributed by atoms with van der Waals surface area (Å²) < 4.78 is 0. The molecule has 0 fully saturated rings. The lowest BCUT2D eigenvalue weighted by Gasteiger charge is -2.21. The summed E-state index contributed by atoms with van der Waals surface area (Å²) >= 11 is 0. The average molecular weight is 454 g/mol. The zero-order valence-corrected chi connectivity index (χ0v) is 20.5. The Morgan fingerprint density at radius 1 is 0.765 bits per heavy atom. The van der Waals surface area contributed by atoms with Crippen LogP contribution in [0.3, 0.4) is 0 Å². The van der Waals surface area contributed by atoms with Crippen molar-refractivity contribution in [1.82, 2.24) is 0 Å². The standard InChI is InChI=1S/C29H31N3O2/c1-6-31(7-2)24-16-12-23(13-17-24)30-27-26(22-11-10-20(4)21(5)18-22)28(33)32(29(27)34)25-14-8-19(3)9-15-25/h8-18,30H,6-7H2,1-5H3. The summed E-state index contributed by atoms with van der Waals surface area (Å²) in [7, 11) is 0. The van der Waals surface area contributed by atoms with Crippen molar-refractivity contribution in [1.29, 1.82) is 0 Å². The Balaban J connectivity index is 1.76. The molecule has 1 heterocycles. The second-order valence-corrected chi connectivity index (χ2v) is 8.67. The van der Waals surface area contributed by atoms with Crippen molar-refractivity contribution in [3.05, 3.63) is 94.7 Å². The van der Waals surface area contributed by atoms with Gasteiger partial charge in [0.25, 0.3) is 11.8 Å². The van der Waals surface area contributed by atoms with Crippen molar-refractivity contribution in [3.63, 3.8) is 0 Å². The van der Waals surface area contributed by atoms with Gasteiger partial charge in [-0.3, -0.25) is 9.59 Å². The minimum absolute atomic E-state index is 0.296. The molecule has 5 nitrogen and oxygen atoms in total.